The maximum absolute atomic E-state index is 12.6. The van der Waals surface area contributed by atoms with E-state index in [9.17, 15) is 26.4 Å². The summed E-state index contributed by atoms with van der Waals surface area (Å²) in [6.45, 7) is 1.52. The molecule has 3 rings (SSSR count). The number of fused-ring (bicyclic) bond motifs is 1. The number of anilines is 1. The number of nitrogens with zero attached hydrogens (tertiary/aromatic N) is 2. The summed E-state index contributed by atoms with van der Waals surface area (Å²) in [7, 11) is -4.49. The highest BCUT2D eigenvalue weighted by Crippen LogP contribution is 2.34. The summed E-state index contributed by atoms with van der Waals surface area (Å²) < 4.78 is 75.8. The van der Waals surface area contributed by atoms with Gasteiger partial charge in [0.2, 0.25) is 0 Å². The van der Waals surface area contributed by atoms with E-state index in [1.54, 1.807) is 4.90 Å². The van der Waals surface area contributed by atoms with Gasteiger partial charge in [-0.05, 0) is 0 Å². The summed E-state index contributed by atoms with van der Waals surface area (Å²) in [5, 5.41) is 0. The lowest BCUT2D eigenvalue weighted by Gasteiger charge is -2.28. The molecule has 0 aliphatic carbocycles. The van der Waals surface area contributed by atoms with Crippen molar-refractivity contribution < 1.29 is 34.9 Å². The van der Waals surface area contributed by atoms with Crippen LogP contribution in [0.5, 0.6) is 5.75 Å². The van der Waals surface area contributed by atoms with Crippen molar-refractivity contribution in [3.63, 3.8) is 0 Å². The van der Waals surface area contributed by atoms with Gasteiger partial charge in [0.15, 0.2) is 5.58 Å². The molecule has 0 amide bonds. The first-order valence-electron chi connectivity index (χ1n) is 7.07. The zero-order chi connectivity index (χ0) is 18.4. The van der Waals surface area contributed by atoms with Gasteiger partial charge in [0.05, 0.1) is 24.4 Å². The molecule has 0 spiro atoms. The molecule has 12 heteroatoms. The van der Waals surface area contributed by atoms with Gasteiger partial charge >= 0.3 is 21.4 Å². The molecule has 1 aromatic carbocycles. The molecule has 0 N–H and O–H groups in total. The normalized spacial score (nSPS) is 16.4. The Morgan fingerprint density at radius 1 is 1.20 bits per heavy atom. The molecule has 1 fully saturated rings. The van der Waals surface area contributed by atoms with Crippen LogP contribution in [0.4, 0.5) is 18.9 Å². The number of alkyl halides is 3. The Balaban J connectivity index is 2.14. The molecule has 8 nitrogen and oxygen atoms in total. The number of benzene rings is 1. The van der Waals surface area contributed by atoms with Crippen LogP contribution < -0.4 is 14.8 Å². The van der Waals surface area contributed by atoms with Crippen molar-refractivity contribution in [1.82, 2.24) is 4.57 Å². The van der Waals surface area contributed by atoms with Crippen molar-refractivity contribution in [2.45, 2.75) is 5.51 Å². The highest BCUT2D eigenvalue weighted by molar-refractivity contribution is 7.88. The molecule has 0 bridgehead atoms. The zero-order valence-electron chi connectivity index (χ0n) is 12.9. The predicted octanol–water partition coefficient (Wildman–Crippen LogP) is 1.20. The molecule has 138 valence electrons. The molecule has 25 heavy (non-hydrogen) atoms. The van der Waals surface area contributed by atoms with Crippen molar-refractivity contribution >= 4 is 26.9 Å². The number of rotatable bonds is 3. The van der Waals surface area contributed by atoms with Gasteiger partial charge in [-0.15, -0.1) is 0 Å². The minimum absolute atomic E-state index is 0.112. The molecule has 1 aliphatic rings. The fourth-order valence-electron chi connectivity index (χ4n) is 2.44. The van der Waals surface area contributed by atoms with Crippen LogP contribution in [0.2, 0.25) is 0 Å². The van der Waals surface area contributed by atoms with Gasteiger partial charge in [-0.1, -0.05) is 0 Å². The van der Waals surface area contributed by atoms with E-state index in [1.807, 2.05) is 0 Å². The molecule has 1 aliphatic heterocycles. The Hall–Kier alpha value is -2.21. The number of oxazole rings is 1. The maximum Gasteiger partial charge on any atom is 0.534 e. The standard InChI is InChI=1S/C13H13F3N2O6S/c1-17-9-6-8(24-25(20,21)13(14,15)16)7-10(11(9)23-12(17)19)18-2-4-22-5-3-18/h6-7H,2-5H2,1H3. The first-order chi connectivity index (χ1) is 11.6. The van der Waals surface area contributed by atoms with E-state index in [2.05, 4.69) is 4.18 Å². The fraction of sp³-hybridized carbons (Fsp3) is 0.462. The topological polar surface area (TPSA) is 91.0 Å². The summed E-state index contributed by atoms with van der Waals surface area (Å²) in [6, 6.07) is 2.10. The van der Waals surface area contributed by atoms with Gasteiger partial charge in [-0.3, -0.25) is 4.57 Å². The second kappa shape index (κ2) is 5.95. The van der Waals surface area contributed by atoms with Gasteiger partial charge in [-0.2, -0.15) is 21.6 Å². The number of aryl methyl sites for hydroxylation is 1. The number of halogens is 3. The monoisotopic (exact) mass is 382 g/mol. The number of aromatic nitrogens is 1. The third-order valence-electron chi connectivity index (χ3n) is 3.69. The molecule has 0 radical (unpaired) electrons. The number of hydrogen-bond acceptors (Lipinski definition) is 7. The van der Waals surface area contributed by atoms with Crippen LogP contribution in [-0.2, 0) is 21.9 Å². The first-order valence-corrected chi connectivity index (χ1v) is 8.48. The molecular weight excluding hydrogens is 369 g/mol. The van der Waals surface area contributed by atoms with E-state index in [0.717, 1.165) is 16.7 Å². The average molecular weight is 382 g/mol. The van der Waals surface area contributed by atoms with Crippen LogP contribution in [0.3, 0.4) is 0 Å². The molecular formula is C13H13F3N2O6S. The smallest absolute Gasteiger partial charge is 0.405 e. The number of morpholine rings is 1. The summed E-state index contributed by atoms with van der Waals surface area (Å²) in [5.41, 5.74) is -5.07. The minimum atomic E-state index is -5.83. The molecule has 2 aromatic rings. The lowest BCUT2D eigenvalue weighted by molar-refractivity contribution is -0.0500. The van der Waals surface area contributed by atoms with Crippen LogP contribution in [0, 0.1) is 0 Å². The Morgan fingerprint density at radius 2 is 1.84 bits per heavy atom. The molecule has 0 saturated carbocycles. The first kappa shape index (κ1) is 17.6. The van der Waals surface area contributed by atoms with Crippen molar-refractivity contribution in [2.24, 2.45) is 7.05 Å². The van der Waals surface area contributed by atoms with Crippen LogP contribution in [0.1, 0.15) is 0 Å². The SMILES string of the molecule is Cn1c(=O)oc2c(N3CCOCC3)cc(OS(=O)(=O)C(F)(F)F)cc21. The largest absolute Gasteiger partial charge is 0.534 e. The van der Waals surface area contributed by atoms with E-state index in [0.29, 0.717) is 26.3 Å². The van der Waals surface area contributed by atoms with E-state index in [4.69, 9.17) is 9.15 Å². The highest BCUT2D eigenvalue weighted by atomic mass is 32.2. The predicted molar refractivity (Wildman–Crippen MR) is 80.1 cm³/mol. The van der Waals surface area contributed by atoms with Crippen molar-refractivity contribution in [3.05, 3.63) is 22.7 Å². The molecule has 0 atom stereocenters. The Morgan fingerprint density at radius 3 is 2.44 bits per heavy atom. The Kier molecular flexibility index (Phi) is 4.19. The van der Waals surface area contributed by atoms with Crippen molar-refractivity contribution in [3.8, 4) is 5.75 Å². The van der Waals surface area contributed by atoms with Crippen LogP contribution in [-0.4, -0.2) is 44.8 Å². The van der Waals surface area contributed by atoms with Crippen molar-refractivity contribution in [1.29, 1.82) is 0 Å². The molecule has 1 aromatic heterocycles. The summed E-state index contributed by atoms with van der Waals surface area (Å²) in [4.78, 5) is 13.5. The lowest BCUT2D eigenvalue weighted by Crippen LogP contribution is -2.36. The third-order valence-corrected chi connectivity index (χ3v) is 4.67. The molecule has 2 heterocycles. The quantitative estimate of drug-likeness (QED) is 0.582. The van der Waals surface area contributed by atoms with Crippen LogP contribution >= 0.6 is 0 Å². The maximum atomic E-state index is 12.6. The average Bonchev–Trinajstić information content (AvgIpc) is 2.81. The second-order valence-electron chi connectivity index (χ2n) is 5.30. The van der Waals surface area contributed by atoms with Crippen molar-refractivity contribution in [2.75, 3.05) is 31.2 Å². The van der Waals surface area contributed by atoms with Gasteiger partial charge in [-0.25, -0.2) is 4.79 Å². The van der Waals surface area contributed by atoms with Crippen LogP contribution in [0.15, 0.2) is 21.3 Å². The van der Waals surface area contributed by atoms with Gasteiger partial charge < -0.3 is 18.2 Å². The van der Waals surface area contributed by atoms with E-state index in [-0.39, 0.29) is 16.8 Å². The van der Waals surface area contributed by atoms with Gasteiger partial charge in [0, 0.05) is 32.3 Å². The second-order valence-corrected chi connectivity index (χ2v) is 6.84. The summed E-state index contributed by atoms with van der Waals surface area (Å²) in [6.07, 6.45) is 0. The van der Waals surface area contributed by atoms with Gasteiger partial charge in [0.1, 0.15) is 5.75 Å². The summed E-state index contributed by atoms with van der Waals surface area (Å²) in [5.74, 6) is -1.30. The molecule has 0 unspecified atom stereocenters. The van der Waals surface area contributed by atoms with E-state index in [1.165, 1.54) is 7.05 Å². The van der Waals surface area contributed by atoms with E-state index >= 15 is 0 Å². The highest BCUT2D eigenvalue weighted by Gasteiger charge is 2.48. The third kappa shape index (κ3) is 3.18. The summed E-state index contributed by atoms with van der Waals surface area (Å²) >= 11 is 0. The zero-order valence-corrected chi connectivity index (χ0v) is 13.7. The van der Waals surface area contributed by atoms with Gasteiger partial charge in [0.25, 0.3) is 0 Å². The lowest BCUT2D eigenvalue weighted by atomic mass is 10.2. The Bertz CT molecular complexity index is 957. The van der Waals surface area contributed by atoms with E-state index < -0.39 is 27.1 Å². The Labute approximate surface area is 139 Å². The number of hydrogen-bond donors (Lipinski definition) is 0. The minimum Gasteiger partial charge on any atom is -0.405 e. The van der Waals surface area contributed by atoms with Crippen LogP contribution in [0.25, 0.3) is 11.1 Å². The fourth-order valence-corrected chi connectivity index (χ4v) is 2.89. The number of ether oxygens (including phenoxy) is 1. The molecule has 1 saturated heterocycles.